The SMILES string of the molecule is C#CCCCCCCCCCC(CCCCCCCCCCC(=O)O)(C(=O)O)C(=O)O.C#CCCCCCCCCCC(CCCCCCCCCCC(=O)O)(C(=O)O)C(=O)ON1C(=O)CCC1=O.O=C1CCC(=O)N1O. The standard InChI is InChI=1S/C29H45NO8.C25H42O6.C4H5NO3/c1-2-3-4-5-6-8-11-14-17-22-29(27(35)36,28(37)38-30-24(31)20-21-25(30)32)23-18-15-12-9-7-10-13-16-19-26(33)34;1-2-3-4-5-6-8-11-14-17-20-25(23(28)29,24(30)31)21-18-15-12-9-7-10-13-16-19-22(26)27;6-3-1-2-4(7)5(3)8/h1H,3-23H2,(H,33,34)(H,35,36);1H,3-21H2,(H,26,27)(H,28,29)(H,30,31);8H,1-2H2. The van der Waals surface area contributed by atoms with Gasteiger partial charge in [-0.15, -0.1) is 29.8 Å². The first kappa shape index (κ1) is 71.2. The molecular formula is C58H92N2O17. The third kappa shape index (κ3) is 32.5. The summed E-state index contributed by atoms with van der Waals surface area (Å²) >= 11 is 0. The number of aliphatic carboxylic acids is 5. The summed E-state index contributed by atoms with van der Waals surface area (Å²) in [7, 11) is 0. The van der Waals surface area contributed by atoms with Gasteiger partial charge in [0.1, 0.15) is 0 Å². The molecule has 19 nitrogen and oxygen atoms in total. The maximum absolute atomic E-state index is 13.1. The van der Waals surface area contributed by atoms with Gasteiger partial charge in [0.2, 0.25) is 0 Å². The molecule has 1 unspecified atom stereocenters. The Balaban J connectivity index is 0.00000132. The van der Waals surface area contributed by atoms with Gasteiger partial charge in [-0.05, 0) is 51.4 Å². The smallest absolute Gasteiger partial charge is 0.350 e. The average Bonchev–Trinajstić information content (AvgIpc) is 3.86. The molecule has 0 saturated carbocycles. The second kappa shape index (κ2) is 44.2. The lowest BCUT2D eigenvalue weighted by molar-refractivity contribution is -0.208. The number of rotatable bonds is 45. The Hall–Kier alpha value is -5.82. The lowest BCUT2D eigenvalue weighted by Gasteiger charge is -2.28. The molecule has 0 bridgehead atoms. The van der Waals surface area contributed by atoms with E-state index in [-0.39, 0.29) is 69.3 Å². The number of amides is 4. The normalized spacial score (nSPS) is 13.9. The number of nitrogens with zero attached hydrogens (tertiary/aromatic N) is 2. The molecule has 0 spiro atoms. The molecular weight excluding hydrogens is 997 g/mol. The van der Waals surface area contributed by atoms with Gasteiger partial charge >= 0.3 is 35.8 Å². The fourth-order valence-electron chi connectivity index (χ4n) is 9.27. The van der Waals surface area contributed by atoms with E-state index in [9.17, 15) is 63.3 Å². The monoisotopic (exact) mass is 1090 g/mol. The van der Waals surface area contributed by atoms with E-state index in [1.54, 1.807) is 0 Å². The molecule has 2 rings (SSSR count). The number of imide groups is 2. The lowest BCUT2D eigenvalue weighted by Crippen LogP contribution is -2.45. The van der Waals surface area contributed by atoms with Gasteiger partial charge in [-0.25, -0.2) is 4.79 Å². The first-order valence-electron chi connectivity index (χ1n) is 28.5. The Morgan fingerprint density at radius 3 is 0.883 bits per heavy atom. The van der Waals surface area contributed by atoms with Gasteiger partial charge in [0, 0.05) is 51.4 Å². The van der Waals surface area contributed by atoms with Crippen LogP contribution in [0.25, 0.3) is 0 Å². The molecule has 0 aromatic heterocycles. The first-order valence-corrected chi connectivity index (χ1v) is 28.5. The van der Waals surface area contributed by atoms with Crippen molar-refractivity contribution in [2.45, 2.75) is 270 Å². The summed E-state index contributed by atoms with van der Waals surface area (Å²) in [6.07, 6.45) is 40.1. The number of hydroxylamine groups is 4. The zero-order valence-corrected chi connectivity index (χ0v) is 45.9. The minimum Gasteiger partial charge on any atom is -0.481 e. The van der Waals surface area contributed by atoms with Gasteiger partial charge in [0.15, 0.2) is 10.8 Å². The van der Waals surface area contributed by atoms with Crippen LogP contribution in [-0.4, -0.2) is 100 Å². The quantitative estimate of drug-likeness (QED) is 0.0109. The molecule has 2 fully saturated rings. The van der Waals surface area contributed by atoms with Crippen molar-refractivity contribution in [2.24, 2.45) is 10.8 Å². The molecule has 2 saturated heterocycles. The van der Waals surface area contributed by atoms with Crippen molar-refractivity contribution >= 4 is 59.4 Å². The van der Waals surface area contributed by atoms with Gasteiger partial charge in [0.05, 0.1) is 0 Å². The van der Waals surface area contributed by atoms with Crippen molar-refractivity contribution in [3.8, 4) is 24.7 Å². The fourth-order valence-corrected chi connectivity index (χ4v) is 9.27. The molecule has 436 valence electrons. The Morgan fingerprint density at radius 2 is 0.636 bits per heavy atom. The molecule has 77 heavy (non-hydrogen) atoms. The number of carbonyl (C=O) groups excluding carboxylic acids is 5. The highest BCUT2D eigenvalue weighted by atomic mass is 16.7. The number of carboxylic acid groups (broad SMARTS) is 5. The Labute approximate surface area is 456 Å². The first-order chi connectivity index (χ1) is 36.8. The van der Waals surface area contributed by atoms with Crippen molar-refractivity contribution in [1.29, 1.82) is 0 Å². The molecule has 4 amide bonds. The van der Waals surface area contributed by atoms with Gasteiger partial charge in [0.25, 0.3) is 23.6 Å². The molecule has 0 radical (unpaired) electrons. The highest BCUT2D eigenvalue weighted by molar-refractivity contribution is 6.04. The predicted octanol–water partition coefficient (Wildman–Crippen LogP) is 11.6. The van der Waals surface area contributed by atoms with Crippen molar-refractivity contribution < 1.29 is 83.5 Å². The van der Waals surface area contributed by atoms with E-state index < -0.39 is 70.3 Å². The van der Waals surface area contributed by atoms with Gasteiger partial charge in [-0.3, -0.25) is 48.4 Å². The lowest BCUT2D eigenvalue weighted by atomic mass is 9.77. The van der Waals surface area contributed by atoms with E-state index >= 15 is 0 Å². The van der Waals surface area contributed by atoms with Gasteiger partial charge in [-0.2, -0.15) is 5.06 Å². The van der Waals surface area contributed by atoms with Crippen molar-refractivity contribution in [3.63, 3.8) is 0 Å². The second-order valence-electron chi connectivity index (χ2n) is 20.4. The van der Waals surface area contributed by atoms with Crippen LogP contribution in [0.3, 0.4) is 0 Å². The van der Waals surface area contributed by atoms with E-state index in [0.717, 1.165) is 167 Å². The number of hydrogen-bond donors (Lipinski definition) is 6. The van der Waals surface area contributed by atoms with Crippen molar-refractivity contribution in [2.75, 3.05) is 0 Å². The number of carboxylic acids is 5. The summed E-state index contributed by atoms with van der Waals surface area (Å²) in [5.41, 5.74) is -3.46. The van der Waals surface area contributed by atoms with Crippen LogP contribution in [0.5, 0.6) is 0 Å². The van der Waals surface area contributed by atoms with E-state index in [4.69, 9.17) is 33.1 Å². The summed E-state index contributed by atoms with van der Waals surface area (Å²) in [4.78, 5) is 120. The predicted molar refractivity (Wildman–Crippen MR) is 286 cm³/mol. The molecule has 0 aliphatic carbocycles. The molecule has 2 aliphatic rings. The van der Waals surface area contributed by atoms with Crippen LogP contribution < -0.4 is 0 Å². The highest BCUT2D eigenvalue weighted by Gasteiger charge is 2.49. The zero-order valence-electron chi connectivity index (χ0n) is 45.9. The average molecular weight is 1090 g/mol. The van der Waals surface area contributed by atoms with E-state index in [2.05, 4.69) is 11.8 Å². The Bertz CT molecular complexity index is 1840. The molecule has 6 N–H and O–H groups in total. The molecule has 0 aromatic rings. The summed E-state index contributed by atoms with van der Waals surface area (Å²) in [5, 5.41) is 55.7. The van der Waals surface area contributed by atoms with Crippen LogP contribution in [-0.2, 0) is 52.8 Å². The van der Waals surface area contributed by atoms with Gasteiger partial charge in [-0.1, -0.05) is 167 Å². The molecule has 0 aromatic carbocycles. The molecule has 2 aliphatic heterocycles. The Kier molecular flexibility index (Phi) is 40.9. The molecule has 2 heterocycles. The van der Waals surface area contributed by atoms with Gasteiger partial charge < -0.3 is 30.4 Å². The Morgan fingerprint density at radius 1 is 0.390 bits per heavy atom. The van der Waals surface area contributed by atoms with Crippen LogP contribution in [0.2, 0.25) is 0 Å². The number of terminal acetylenes is 2. The number of hydrogen-bond acceptors (Lipinski definition) is 12. The topological polar surface area (TPSA) is 308 Å². The summed E-state index contributed by atoms with van der Waals surface area (Å²) < 4.78 is 0. The van der Waals surface area contributed by atoms with Crippen molar-refractivity contribution in [3.05, 3.63) is 0 Å². The third-order valence-electron chi connectivity index (χ3n) is 14.2. The minimum atomic E-state index is -1.80. The maximum atomic E-state index is 13.1. The van der Waals surface area contributed by atoms with E-state index in [1.165, 1.54) is 0 Å². The van der Waals surface area contributed by atoms with Crippen LogP contribution in [0.1, 0.15) is 270 Å². The zero-order chi connectivity index (χ0) is 57.7. The highest BCUT2D eigenvalue weighted by Crippen LogP contribution is 2.36. The third-order valence-corrected chi connectivity index (χ3v) is 14.2. The maximum Gasteiger partial charge on any atom is 0.350 e. The summed E-state index contributed by atoms with van der Waals surface area (Å²) in [6, 6.07) is 0. The van der Waals surface area contributed by atoms with E-state index in [0.29, 0.717) is 43.6 Å². The number of unbranched alkanes of at least 4 members (excludes halogenated alkanes) is 28. The van der Waals surface area contributed by atoms with Crippen molar-refractivity contribution in [1.82, 2.24) is 10.1 Å². The van der Waals surface area contributed by atoms with Crippen LogP contribution in [0.4, 0.5) is 0 Å². The van der Waals surface area contributed by atoms with E-state index in [1.807, 2.05) is 0 Å². The van der Waals surface area contributed by atoms with Crippen LogP contribution in [0.15, 0.2) is 0 Å². The number of carbonyl (C=O) groups is 10. The second-order valence-corrected chi connectivity index (χ2v) is 20.4. The van der Waals surface area contributed by atoms with Crippen LogP contribution in [0, 0.1) is 35.5 Å². The molecule has 19 heteroatoms. The molecule has 1 atom stereocenters. The summed E-state index contributed by atoms with van der Waals surface area (Å²) in [6.45, 7) is 0. The minimum absolute atomic E-state index is 0.0518. The fraction of sp³-hybridized carbons (Fsp3) is 0.759. The largest absolute Gasteiger partial charge is 0.481 e. The van der Waals surface area contributed by atoms with Crippen LogP contribution >= 0.6 is 0 Å². The summed E-state index contributed by atoms with van der Waals surface area (Å²) in [5.74, 6) is -3.30.